The second-order valence-corrected chi connectivity index (χ2v) is 13.3. The van der Waals surface area contributed by atoms with Gasteiger partial charge in [0.2, 0.25) is 11.8 Å². The number of allylic oxidation sites excluding steroid dienone is 3. The molecule has 6 atom stereocenters. The average molecular weight is 707 g/mol. The molecule has 2 aliphatic heterocycles. The number of alkyl halides is 2. The molecule has 2 aliphatic carbocycles. The summed E-state index contributed by atoms with van der Waals surface area (Å²) < 4.78 is 6.18. The Morgan fingerprint density at radius 3 is 2.41 bits per heavy atom. The molecule has 8 nitrogen and oxygen atoms in total. The van der Waals surface area contributed by atoms with Crippen LogP contribution in [0.2, 0.25) is 0 Å². The van der Waals surface area contributed by atoms with Gasteiger partial charge in [-0.2, -0.15) is 0 Å². The van der Waals surface area contributed by atoms with E-state index >= 15 is 0 Å². The van der Waals surface area contributed by atoms with Crippen LogP contribution < -0.4 is 9.64 Å². The number of aromatic hydroxyl groups is 1. The summed E-state index contributed by atoms with van der Waals surface area (Å²) in [6, 6.07) is 11.9. The summed E-state index contributed by atoms with van der Waals surface area (Å²) in [6.07, 6.45) is 5.56. The van der Waals surface area contributed by atoms with Gasteiger partial charge in [-0.05, 0) is 83.3 Å². The zero-order valence-corrected chi connectivity index (χ0v) is 25.7. The number of phenols is 1. The summed E-state index contributed by atoms with van der Waals surface area (Å²) in [5.74, 6) is -4.47. The van der Waals surface area contributed by atoms with Crippen molar-refractivity contribution in [3.63, 3.8) is 0 Å². The number of methoxy groups -OCH3 is 1. The Bertz CT molecular complexity index is 1580. The van der Waals surface area contributed by atoms with Crippen molar-refractivity contribution in [2.75, 3.05) is 19.1 Å². The molecule has 0 radical (unpaired) electrons. The minimum atomic E-state index is -1.84. The van der Waals surface area contributed by atoms with Crippen molar-refractivity contribution in [2.24, 2.45) is 23.7 Å². The van der Waals surface area contributed by atoms with Crippen LogP contribution in [0.5, 0.6) is 11.5 Å². The number of hydrogen-bond donors (Lipinski definition) is 1. The molecular weight excluding hydrogens is 682 g/mol. The predicted molar refractivity (Wildman–Crippen MR) is 162 cm³/mol. The normalized spacial score (nSPS) is 32.8. The van der Waals surface area contributed by atoms with Crippen LogP contribution in [-0.2, 0) is 19.2 Å². The lowest BCUT2D eigenvalue weighted by Crippen LogP contribution is -2.60. The molecule has 212 valence electrons. The molecule has 0 aromatic heterocycles. The number of amides is 4. The fourth-order valence-electron chi connectivity index (χ4n) is 6.84. The van der Waals surface area contributed by atoms with E-state index in [2.05, 4.69) is 22.6 Å². The van der Waals surface area contributed by atoms with Crippen LogP contribution >= 0.6 is 45.8 Å². The fraction of sp³-hybridized carbons (Fsp3) is 0.333. The van der Waals surface area contributed by atoms with E-state index in [9.17, 15) is 24.3 Å². The summed E-state index contributed by atoms with van der Waals surface area (Å²) in [5, 5.41) is 10.00. The molecule has 2 heterocycles. The minimum absolute atomic E-state index is 0.0303. The van der Waals surface area contributed by atoms with Crippen molar-refractivity contribution in [1.29, 1.82) is 0 Å². The number of carbonyl (C=O) groups is 4. The number of halogens is 3. The maximum absolute atomic E-state index is 13.9. The molecule has 4 amide bonds. The quantitative estimate of drug-likeness (QED) is 0.213. The first-order chi connectivity index (χ1) is 19.4. The number of likely N-dealkylation sites (tertiary alicyclic amines) is 1. The molecular formula is C30H25Cl2IN2O6. The molecule has 3 fully saturated rings. The maximum atomic E-state index is 13.9. The summed E-state index contributed by atoms with van der Waals surface area (Å²) in [5.41, 5.74) is 1.85. The van der Waals surface area contributed by atoms with Gasteiger partial charge in [-0.3, -0.25) is 29.0 Å². The third-order valence-electron chi connectivity index (χ3n) is 8.84. The summed E-state index contributed by atoms with van der Waals surface area (Å²) in [4.78, 5) is 53.1. The van der Waals surface area contributed by atoms with Crippen LogP contribution in [0.15, 0.2) is 60.2 Å². The van der Waals surface area contributed by atoms with Gasteiger partial charge in [0.1, 0.15) is 0 Å². The van der Waals surface area contributed by atoms with E-state index in [1.165, 1.54) is 25.1 Å². The first-order valence-electron chi connectivity index (χ1n) is 13.0. The fourth-order valence-corrected chi connectivity index (χ4v) is 8.18. The van der Waals surface area contributed by atoms with Crippen molar-refractivity contribution < 1.29 is 29.0 Å². The number of fused-ring (bicyclic) bond motifs is 4. The van der Waals surface area contributed by atoms with Crippen LogP contribution in [0.25, 0.3) is 6.08 Å². The van der Waals surface area contributed by atoms with E-state index in [0.717, 1.165) is 8.47 Å². The van der Waals surface area contributed by atoms with Crippen molar-refractivity contribution >= 4 is 81.2 Å². The smallest absolute Gasteiger partial charge is 0.253 e. The van der Waals surface area contributed by atoms with E-state index < -0.39 is 45.2 Å². The molecule has 4 aliphatic rings. The number of nitrogens with zero attached hydrogens (tertiary/aromatic N) is 2. The molecule has 2 saturated heterocycles. The highest BCUT2D eigenvalue weighted by molar-refractivity contribution is 14.1. The van der Waals surface area contributed by atoms with Gasteiger partial charge in [-0.15, -0.1) is 23.2 Å². The molecule has 0 bridgehead atoms. The van der Waals surface area contributed by atoms with Crippen molar-refractivity contribution in [1.82, 2.24) is 4.90 Å². The van der Waals surface area contributed by atoms with Crippen molar-refractivity contribution in [3.05, 3.63) is 69.3 Å². The number of anilines is 1. The zero-order chi connectivity index (χ0) is 29.4. The molecule has 11 heteroatoms. The van der Waals surface area contributed by atoms with Gasteiger partial charge in [0, 0.05) is 16.5 Å². The standard InChI is InChI=1S/C30H25Cl2IN2O6/c1-34-27(39)29(31)14-20-18(9-10-19-24(20)26(38)35(25(19)37)17-7-5-16(33)6-8-17)21(30(29,32)28(34)40)11-3-15-4-12-22(36)23(13-15)41-2/h3-9,11-13,19-21,24,36H,10,14H2,1-2H3/t19-,20+,21-,24-,29+,30-/m0/s1. The summed E-state index contributed by atoms with van der Waals surface area (Å²) >= 11 is 16.4. The molecule has 0 unspecified atom stereocenters. The van der Waals surface area contributed by atoms with Crippen LogP contribution in [0.3, 0.4) is 0 Å². The lowest BCUT2D eigenvalue weighted by molar-refractivity contribution is -0.138. The number of ether oxygens (including phenoxy) is 1. The molecule has 6 rings (SSSR count). The van der Waals surface area contributed by atoms with E-state index in [0.29, 0.717) is 23.2 Å². The van der Waals surface area contributed by atoms with Crippen molar-refractivity contribution in [2.45, 2.75) is 22.6 Å². The number of hydrogen-bond acceptors (Lipinski definition) is 6. The van der Waals surface area contributed by atoms with Crippen LogP contribution in [0, 0.1) is 27.2 Å². The van der Waals surface area contributed by atoms with Gasteiger partial charge in [-0.25, -0.2) is 0 Å². The van der Waals surface area contributed by atoms with Crippen LogP contribution in [0.1, 0.15) is 18.4 Å². The molecule has 0 spiro atoms. The third-order valence-corrected chi connectivity index (χ3v) is 11.0. The average Bonchev–Trinajstić information content (AvgIpc) is 3.28. The number of imide groups is 2. The highest BCUT2D eigenvalue weighted by atomic mass is 127. The second-order valence-electron chi connectivity index (χ2n) is 10.8. The van der Waals surface area contributed by atoms with Gasteiger partial charge in [-0.1, -0.05) is 29.9 Å². The Balaban J connectivity index is 1.45. The predicted octanol–water partition coefficient (Wildman–Crippen LogP) is 4.74. The van der Waals surface area contributed by atoms with Crippen molar-refractivity contribution in [3.8, 4) is 11.5 Å². The first-order valence-corrected chi connectivity index (χ1v) is 14.9. The second kappa shape index (κ2) is 9.84. The highest BCUT2D eigenvalue weighted by Gasteiger charge is 2.75. The zero-order valence-electron chi connectivity index (χ0n) is 22.0. The van der Waals surface area contributed by atoms with Gasteiger partial charge < -0.3 is 9.84 Å². The van der Waals surface area contributed by atoms with E-state index in [-0.39, 0.29) is 29.7 Å². The van der Waals surface area contributed by atoms with Crippen LogP contribution in [-0.4, -0.2) is 57.5 Å². The van der Waals surface area contributed by atoms with E-state index in [1.807, 2.05) is 18.2 Å². The SMILES string of the molecule is COc1cc(C=C[C@H]2C3=CC[C@@H]4C(=O)N(c5ccc(I)cc5)C(=O)[C@@H]4[C@@H]3C[C@@]3(Cl)C(=O)N(C)C(=O)[C@@]23Cl)ccc1O. The third kappa shape index (κ3) is 3.91. The number of phenolic OH excluding ortho intramolecular Hbond substituents is 1. The Morgan fingerprint density at radius 2 is 1.73 bits per heavy atom. The number of benzene rings is 2. The van der Waals surface area contributed by atoms with Crippen LogP contribution in [0.4, 0.5) is 5.69 Å². The van der Waals surface area contributed by atoms with Gasteiger partial charge >= 0.3 is 0 Å². The Labute approximate surface area is 260 Å². The number of rotatable bonds is 4. The van der Waals surface area contributed by atoms with Gasteiger partial charge in [0.05, 0.1) is 24.6 Å². The van der Waals surface area contributed by atoms with Gasteiger partial charge in [0.25, 0.3) is 11.8 Å². The van der Waals surface area contributed by atoms with Gasteiger partial charge in [0.15, 0.2) is 21.2 Å². The molecule has 1 saturated carbocycles. The lowest BCUT2D eigenvalue weighted by atomic mass is 9.57. The van der Waals surface area contributed by atoms with E-state index in [1.54, 1.807) is 36.4 Å². The summed E-state index contributed by atoms with van der Waals surface area (Å²) in [7, 11) is 2.79. The molecule has 41 heavy (non-hydrogen) atoms. The topological polar surface area (TPSA) is 104 Å². The minimum Gasteiger partial charge on any atom is -0.504 e. The highest BCUT2D eigenvalue weighted by Crippen LogP contribution is 2.63. The largest absolute Gasteiger partial charge is 0.504 e. The molecule has 2 aromatic rings. The van der Waals surface area contributed by atoms with E-state index in [4.69, 9.17) is 27.9 Å². The number of carbonyl (C=O) groups excluding carboxylic acids is 4. The molecule has 1 N–H and O–H groups in total. The monoisotopic (exact) mass is 706 g/mol. The molecule has 2 aromatic carbocycles. The summed E-state index contributed by atoms with van der Waals surface area (Å²) in [6.45, 7) is 0. The lowest BCUT2D eigenvalue weighted by Gasteiger charge is -2.49. The Morgan fingerprint density at radius 1 is 1.02 bits per heavy atom. The Kier molecular flexibility index (Phi) is 6.78. The first kappa shape index (κ1) is 28.2. The Hall–Kier alpha value is -2.89. The maximum Gasteiger partial charge on any atom is 0.253 e.